The van der Waals surface area contributed by atoms with E-state index in [-0.39, 0.29) is 39.1 Å². The molecule has 0 aliphatic heterocycles. The first-order valence-electron chi connectivity index (χ1n) is 13.0. The summed E-state index contributed by atoms with van der Waals surface area (Å²) in [6.07, 6.45) is 3.62. The van der Waals surface area contributed by atoms with E-state index in [9.17, 15) is 14.0 Å². The number of fused-ring (bicyclic) bond motifs is 1. The molecule has 2 aromatic heterocycles. The second kappa shape index (κ2) is 9.79. The fraction of sp³-hybridized carbons (Fsp3) is 0.188. The minimum absolute atomic E-state index is 0.0203. The Morgan fingerprint density at radius 3 is 2.45 bits per heavy atom. The van der Waals surface area contributed by atoms with Gasteiger partial charge in [-0.05, 0) is 85.5 Å². The van der Waals surface area contributed by atoms with Crippen molar-refractivity contribution in [1.82, 2.24) is 15.5 Å². The van der Waals surface area contributed by atoms with Crippen LogP contribution in [-0.2, 0) is 5.41 Å². The van der Waals surface area contributed by atoms with Crippen LogP contribution in [-0.4, -0.2) is 28.9 Å². The molecule has 1 aliphatic rings. The zero-order chi connectivity index (χ0) is 28.0. The fourth-order valence-corrected chi connectivity index (χ4v) is 5.26. The number of aromatic nitrogens is 2. The van der Waals surface area contributed by atoms with Crippen molar-refractivity contribution in [2.45, 2.75) is 31.6 Å². The van der Waals surface area contributed by atoms with Gasteiger partial charge < -0.3 is 9.73 Å². The summed E-state index contributed by atoms with van der Waals surface area (Å²) < 4.78 is 35.8. The van der Waals surface area contributed by atoms with Crippen LogP contribution < -0.4 is 5.32 Å². The minimum atomic E-state index is -0.640. The molecule has 1 fully saturated rings. The van der Waals surface area contributed by atoms with E-state index in [1.165, 1.54) is 31.3 Å². The van der Waals surface area contributed by atoms with E-state index in [0.717, 1.165) is 24.1 Å². The van der Waals surface area contributed by atoms with E-state index >= 15 is 4.39 Å². The van der Waals surface area contributed by atoms with Gasteiger partial charge in [0.05, 0.1) is 16.6 Å². The molecule has 1 N–H and O–H groups in total. The highest BCUT2D eigenvalue weighted by Gasteiger charge is 2.47. The Labute approximate surface area is 229 Å². The molecule has 0 spiro atoms. The molecule has 200 valence electrons. The Bertz CT molecular complexity index is 1780. The van der Waals surface area contributed by atoms with Gasteiger partial charge in [-0.1, -0.05) is 12.1 Å². The quantitative estimate of drug-likeness (QED) is 0.231. The Kier molecular flexibility index (Phi) is 6.25. The number of nitrogens with zero attached hydrogens (tertiary/aromatic N) is 2. The maximum atomic E-state index is 16.3. The standard InChI is InChI=1S/C32H25F2N3O3/c1-18-5-6-20(24(38)17-32(13-14-32)26-4-3-15-36-37-26)16-23(18)22-11-12-25-27(29(22)34)28(31(39)35-2)30(40-25)19-7-9-21(33)10-8-19/h3-12,15-16H,13-14,17H2,1-2H3,(H,35,39). The first kappa shape index (κ1) is 25.6. The molecule has 40 heavy (non-hydrogen) atoms. The number of furan rings is 1. The number of hydrogen-bond donors (Lipinski definition) is 1. The second-order valence-corrected chi connectivity index (χ2v) is 10.2. The topological polar surface area (TPSA) is 85.1 Å². The third-order valence-electron chi connectivity index (χ3n) is 7.67. The van der Waals surface area contributed by atoms with Crippen molar-refractivity contribution in [2.75, 3.05) is 7.05 Å². The van der Waals surface area contributed by atoms with Crippen molar-refractivity contribution >= 4 is 22.7 Å². The summed E-state index contributed by atoms with van der Waals surface area (Å²) in [6, 6.07) is 17.6. The highest BCUT2D eigenvalue weighted by atomic mass is 19.1. The van der Waals surface area contributed by atoms with Crippen molar-refractivity contribution in [1.29, 1.82) is 0 Å². The van der Waals surface area contributed by atoms with Crippen molar-refractivity contribution in [3.8, 4) is 22.5 Å². The van der Waals surface area contributed by atoms with Gasteiger partial charge in [0.15, 0.2) is 5.78 Å². The van der Waals surface area contributed by atoms with Gasteiger partial charge in [0.1, 0.15) is 23.0 Å². The fourth-order valence-electron chi connectivity index (χ4n) is 5.26. The molecular formula is C32H25F2N3O3. The summed E-state index contributed by atoms with van der Waals surface area (Å²) in [5, 5.41) is 10.8. The molecule has 0 saturated heterocycles. The maximum Gasteiger partial charge on any atom is 0.255 e. The minimum Gasteiger partial charge on any atom is -0.455 e. The predicted octanol–water partition coefficient (Wildman–Crippen LogP) is 6.81. The van der Waals surface area contributed by atoms with Crippen LogP contribution in [0.1, 0.15) is 51.2 Å². The maximum absolute atomic E-state index is 16.3. The summed E-state index contributed by atoms with van der Waals surface area (Å²) in [4.78, 5) is 26.3. The lowest BCUT2D eigenvalue weighted by Crippen LogP contribution is -2.18. The SMILES string of the molecule is CNC(=O)c1c(-c2ccc(F)cc2)oc2ccc(-c3cc(C(=O)CC4(c5cccnn5)CC4)ccc3C)c(F)c12. The highest BCUT2D eigenvalue weighted by molar-refractivity contribution is 6.12. The van der Waals surface area contributed by atoms with E-state index in [4.69, 9.17) is 4.42 Å². The Balaban J connectivity index is 1.43. The molecule has 6 nitrogen and oxygen atoms in total. The highest BCUT2D eigenvalue weighted by Crippen LogP contribution is 2.50. The number of amides is 1. The molecule has 0 unspecified atom stereocenters. The van der Waals surface area contributed by atoms with Crippen LogP contribution in [0, 0.1) is 18.6 Å². The Morgan fingerprint density at radius 1 is 1.00 bits per heavy atom. The van der Waals surface area contributed by atoms with Crippen LogP contribution in [0.4, 0.5) is 8.78 Å². The largest absolute Gasteiger partial charge is 0.455 e. The summed E-state index contributed by atoms with van der Waals surface area (Å²) in [7, 11) is 1.45. The van der Waals surface area contributed by atoms with Gasteiger partial charge in [0.25, 0.3) is 5.91 Å². The molecule has 1 aliphatic carbocycles. The third-order valence-corrected chi connectivity index (χ3v) is 7.67. The number of halogens is 2. The first-order chi connectivity index (χ1) is 19.3. The number of aryl methyl sites for hydroxylation is 1. The Hall–Kier alpha value is -4.72. The molecule has 6 rings (SSSR count). The molecule has 0 atom stereocenters. The molecular weight excluding hydrogens is 512 g/mol. The molecule has 8 heteroatoms. The smallest absolute Gasteiger partial charge is 0.255 e. The van der Waals surface area contributed by atoms with Gasteiger partial charge >= 0.3 is 0 Å². The lowest BCUT2D eigenvalue weighted by Gasteiger charge is -2.14. The van der Waals surface area contributed by atoms with Crippen molar-refractivity contribution in [2.24, 2.45) is 0 Å². The van der Waals surface area contributed by atoms with E-state index in [1.807, 2.05) is 19.1 Å². The number of rotatable bonds is 7. The third kappa shape index (κ3) is 4.35. The van der Waals surface area contributed by atoms with E-state index in [2.05, 4.69) is 15.5 Å². The second-order valence-electron chi connectivity index (χ2n) is 10.2. The average Bonchev–Trinajstić information content (AvgIpc) is 3.65. The summed E-state index contributed by atoms with van der Waals surface area (Å²) >= 11 is 0. The molecule has 5 aromatic rings. The normalized spacial score (nSPS) is 13.8. The van der Waals surface area contributed by atoms with Crippen LogP contribution in [0.25, 0.3) is 33.4 Å². The van der Waals surface area contributed by atoms with Gasteiger partial charge in [0, 0.05) is 41.8 Å². The van der Waals surface area contributed by atoms with Gasteiger partial charge in [0.2, 0.25) is 0 Å². The van der Waals surface area contributed by atoms with Gasteiger partial charge in [-0.15, -0.1) is 0 Å². The molecule has 3 aromatic carbocycles. The zero-order valence-electron chi connectivity index (χ0n) is 21.9. The summed E-state index contributed by atoms with van der Waals surface area (Å²) in [5.74, 6) is -1.53. The van der Waals surface area contributed by atoms with Crippen LogP contribution in [0.15, 0.2) is 77.3 Å². The predicted molar refractivity (Wildman–Crippen MR) is 147 cm³/mol. The molecule has 0 bridgehead atoms. The number of carbonyl (C=O) groups excluding carboxylic acids is 2. The number of ketones is 1. The molecule has 1 amide bonds. The number of Topliss-reactive ketones (excluding diaryl/α,β-unsaturated/α-hetero) is 1. The van der Waals surface area contributed by atoms with Gasteiger partial charge in [-0.25, -0.2) is 8.78 Å². The monoisotopic (exact) mass is 537 g/mol. The van der Waals surface area contributed by atoms with Crippen molar-refractivity contribution < 1.29 is 22.8 Å². The lowest BCUT2D eigenvalue weighted by atomic mass is 9.89. The van der Waals surface area contributed by atoms with Gasteiger partial charge in [-0.3, -0.25) is 9.59 Å². The van der Waals surface area contributed by atoms with Crippen LogP contribution >= 0.6 is 0 Å². The van der Waals surface area contributed by atoms with Crippen molar-refractivity contribution in [3.05, 3.63) is 107 Å². The van der Waals surface area contributed by atoms with Gasteiger partial charge in [-0.2, -0.15) is 10.2 Å². The first-order valence-corrected chi connectivity index (χ1v) is 13.0. The molecule has 2 heterocycles. The summed E-state index contributed by atoms with van der Waals surface area (Å²) in [5.41, 5.74) is 3.18. The van der Waals surface area contributed by atoms with Crippen LogP contribution in [0.5, 0.6) is 0 Å². The number of carbonyl (C=O) groups is 2. The number of hydrogen-bond acceptors (Lipinski definition) is 5. The molecule has 1 saturated carbocycles. The number of benzene rings is 3. The zero-order valence-corrected chi connectivity index (χ0v) is 21.9. The lowest BCUT2D eigenvalue weighted by molar-refractivity contribution is 0.0958. The van der Waals surface area contributed by atoms with E-state index in [1.54, 1.807) is 36.5 Å². The van der Waals surface area contributed by atoms with E-state index < -0.39 is 17.5 Å². The number of nitrogens with one attached hydrogen (secondary N) is 1. The van der Waals surface area contributed by atoms with Crippen LogP contribution in [0.3, 0.4) is 0 Å². The average molecular weight is 538 g/mol. The summed E-state index contributed by atoms with van der Waals surface area (Å²) in [6.45, 7) is 1.84. The van der Waals surface area contributed by atoms with Crippen LogP contribution in [0.2, 0.25) is 0 Å². The Morgan fingerprint density at radius 2 is 1.77 bits per heavy atom. The molecule has 0 radical (unpaired) electrons. The van der Waals surface area contributed by atoms with Crippen molar-refractivity contribution in [3.63, 3.8) is 0 Å². The van der Waals surface area contributed by atoms with E-state index in [0.29, 0.717) is 23.1 Å².